The predicted molar refractivity (Wildman–Crippen MR) is 126 cm³/mol. The SMILES string of the molecule is CC[C@H](C)[C@H](NC(=O)OCc1ccccc1)C(=O)NCc1cccc(C(=O)N2CCCC2)c1. The van der Waals surface area contributed by atoms with Crippen LogP contribution < -0.4 is 10.6 Å². The van der Waals surface area contributed by atoms with E-state index in [1.54, 1.807) is 6.07 Å². The summed E-state index contributed by atoms with van der Waals surface area (Å²) in [4.78, 5) is 39.7. The average molecular weight is 452 g/mol. The summed E-state index contributed by atoms with van der Waals surface area (Å²) in [6.45, 7) is 5.88. The van der Waals surface area contributed by atoms with E-state index in [1.807, 2.05) is 67.3 Å². The lowest BCUT2D eigenvalue weighted by molar-refractivity contribution is -0.124. The number of ether oxygens (including phenoxy) is 1. The molecular weight excluding hydrogens is 418 g/mol. The number of nitrogens with one attached hydrogen (secondary N) is 2. The molecule has 2 N–H and O–H groups in total. The van der Waals surface area contributed by atoms with Gasteiger partial charge < -0.3 is 20.3 Å². The summed E-state index contributed by atoms with van der Waals surface area (Å²) in [6.07, 6.45) is 2.17. The van der Waals surface area contributed by atoms with Crippen molar-refractivity contribution in [3.63, 3.8) is 0 Å². The number of rotatable bonds is 9. The Morgan fingerprint density at radius 1 is 1.00 bits per heavy atom. The molecular formula is C26H33N3O4. The maximum atomic E-state index is 12.9. The van der Waals surface area contributed by atoms with Crippen LogP contribution in [0.4, 0.5) is 4.79 Å². The minimum atomic E-state index is -0.715. The van der Waals surface area contributed by atoms with E-state index >= 15 is 0 Å². The lowest BCUT2D eigenvalue weighted by atomic mass is 9.98. The Morgan fingerprint density at radius 2 is 1.70 bits per heavy atom. The van der Waals surface area contributed by atoms with Gasteiger partial charge in [0.15, 0.2) is 0 Å². The highest BCUT2D eigenvalue weighted by Gasteiger charge is 2.26. The maximum absolute atomic E-state index is 12.9. The van der Waals surface area contributed by atoms with Gasteiger partial charge in [0.05, 0.1) is 0 Å². The van der Waals surface area contributed by atoms with E-state index in [9.17, 15) is 14.4 Å². The summed E-state index contributed by atoms with van der Waals surface area (Å²) in [5.41, 5.74) is 2.34. The van der Waals surface area contributed by atoms with Crippen LogP contribution >= 0.6 is 0 Å². The van der Waals surface area contributed by atoms with Crippen LogP contribution in [0.25, 0.3) is 0 Å². The van der Waals surface area contributed by atoms with E-state index in [0.717, 1.165) is 43.5 Å². The van der Waals surface area contributed by atoms with Crippen molar-refractivity contribution in [3.8, 4) is 0 Å². The van der Waals surface area contributed by atoms with E-state index in [-0.39, 0.29) is 30.9 Å². The molecule has 2 aromatic rings. The van der Waals surface area contributed by atoms with Crippen LogP contribution in [0.15, 0.2) is 54.6 Å². The summed E-state index contributed by atoms with van der Waals surface area (Å²) in [5.74, 6) is -0.323. The van der Waals surface area contributed by atoms with Crippen LogP contribution in [-0.4, -0.2) is 41.9 Å². The third-order valence-electron chi connectivity index (χ3n) is 6.02. The third kappa shape index (κ3) is 7.07. The van der Waals surface area contributed by atoms with Gasteiger partial charge in [0.1, 0.15) is 12.6 Å². The molecule has 3 rings (SSSR count). The van der Waals surface area contributed by atoms with Crippen molar-refractivity contribution in [3.05, 3.63) is 71.3 Å². The molecule has 1 heterocycles. The van der Waals surface area contributed by atoms with Crippen LogP contribution in [0, 0.1) is 5.92 Å². The van der Waals surface area contributed by atoms with Crippen LogP contribution in [0.5, 0.6) is 0 Å². The van der Waals surface area contributed by atoms with Crippen molar-refractivity contribution in [2.24, 2.45) is 5.92 Å². The standard InChI is InChI=1S/C26H33N3O4/c1-3-19(2)23(28-26(32)33-18-20-10-5-4-6-11-20)24(30)27-17-21-12-9-13-22(16-21)25(31)29-14-7-8-15-29/h4-6,9-13,16,19,23H,3,7-8,14-15,17-18H2,1-2H3,(H,27,30)(H,28,32)/t19-,23-/m0/s1. The first-order valence-corrected chi connectivity index (χ1v) is 11.6. The number of amides is 3. The Kier molecular flexibility index (Phi) is 8.87. The quantitative estimate of drug-likeness (QED) is 0.606. The summed E-state index contributed by atoms with van der Waals surface area (Å²) < 4.78 is 5.28. The molecule has 1 saturated heterocycles. The summed E-state index contributed by atoms with van der Waals surface area (Å²) >= 11 is 0. The molecule has 0 aliphatic carbocycles. The molecule has 1 aliphatic heterocycles. The van der Waals surface area contributed by atoms with Gasteiger partial charge in [-0.1, -0.05) is 62.7 Å². The van der Waals surface area contributed by atoms with Gasteiger partial charge in [0.25, 0.3) is 5.91 Å². The molecule has 2 atom stereocenters. The van der Waals surface area contributed by atoms with Crippen LogP contribution in [0.2, 0.25) is 0 Å². The monoisotopic (exact) mass is 451 g/mol. The second-order valence-corrected chi connectivity index (χ2v) is 8.49. The highest BCUT2D eigenvalue weighted by molar-refractivity contribution is 5.94. The van der Waals surface area contributed by atoms with E-state index in [2.05, 4.69) is 10.6 Å². The number of hydrogen-bond acceptors (Lipinski definition) is 4. The van der Waals surface area contributed by atoms with Crippen molar-refractivity contribution < 1.29 is 19.1 Å². The molecule has 0 bridgehead atoms. The summed E-state index contributed by atoms with van der Waals surface area (Å²) in [6, 6.07) is 16.0. The normalized spacial score (nSPS) is 14.9. The number of hydrogen-bond donors (Lipinski definition) is 2. The Morgan fingerprint density at radius 3 is 2.39 bits per heavy atom. The van der Waals surface area contributed by atoms with E-state index < -0.39 is 12.1 Å². The second-order valence-electron chi connectivity index (χ2n) is 8.49. The first-order chi connectivity index (χ1) is 16.0. The Labute approximate surface area is 195 Å². The summed E-state index contributed by atoms with van der Waals surface area (Å²) in [5, 5.41) is 5.60. The minimum Gasteiger partial charge on any atom is -0.445 e. The third-order valence-corrected chi connectivity index (χ3v) is 6.02. The highest BCUT2D eigenvalue weighted by Crippen LogP contribution is 2.15. The molecule has 0 saturated carbocycles. The average Bonchev–Trinajstić information content (AvgIpc) is 3.39. The van der Waals surface area contributed by atoms with Crippen LogP contribution in [0.1, 0.15) is 54.6 Å². The summed E-state index contributed by atoms with van der Waals surface area (Å²) in [7, 11) is 0. The smallest absolute Gasteiger partial charge is 0.408 e. The van der Waals surface area contributed by atoms with Gasteiger partial charge >= 0.3 is 6.09 Å². The van der Waals surface area contributed by atoms with Crippen LogP contribution in [0.3, 0.4) is 0 Å². The first kappa shape index (κ1) is 24.3. The molecule has 0 radical (unpaired) electrons. The lowest BCUT2D eigenvalue weighted by Gasteiger charge is -2.23. The fraction of sp³-hybridized carbons (Fsp3) is 0.423. The number of likely N-dealkylation sites (tertiary alicyclic amines) is 1. The number of alkyl carbamates (subject to hydrolysis) is 1. The highest BCUT2D eigenvalue weighted by atomic mass is 16.5. The fourth-order valence-electron chi connectivity index (χ4n) is 3.81. The molecule has 1 fully saturated rings. The Balaban J connectivity index is 1.55. The number of carbonyl (C=O) groups excluding carboxylic acids is 3. The van der Waals surface area contributed by atoms with Gasteiger partial charge in [-0.3, -0.25) is 9.59 Å². The van der Waals surface area contributed by atoms with E-state index in [4.69, 9.17) is 4.74 Å². The fourth-order valence-corrected chi connectivity index (χ4v) is 3.81. The molecule has 0 aromatic heterocycles. The maximum Gasteiger partial charge on any atom is 0.408 e. The molecule has 3 amide bonds. The zero-order valence-electron chi connectivity index (χ0n) is 19.4. The molecule has 7 nitrogen and oxygen atoms in total. The molecule has 33 heavy (non-hydrogen) atoms. The van der Waals surface area contributed by atoms with Crippen molar-refractivity contribution in [2.45, 2.75) is 52.3 Å². The van der Waals surface area contributed by atoms with E-state index in [0.29, 0.717) is 5.56 Å². The number of carbonyl (C=O) groups is 3. The molecule has 2 aromatic carbocycles. The first-order valence-electron chi connectivity index (χ1n) is 11.6. The molecule has 1 aliphatic rings. The molecule has 0 unspecified atom stereocenters. The van der Waals surface area contributed by atoms with Gasteiger partial charge in [-0.15, -0.1) is 0 Å². The van der Waals surface area contributed by atoms with Crippen LogP contribution in [-0.2, 0) is 22.7 Å². The number of nitrogens with zero attached hydrogens (tertiary/aromatic N) is 1. The molecule has 176 valence electrons. The zero-order chi connectivity index (χ0) is 23.6. The Bertz CT molecular complexity index is 942. The van der Waals surface area contributed by atoms with E-state index in [1.165, 1.54) is 0 Å². The van der Waals surface area contributed by atoms with Gasteiger partial charge in [0.2, 0.25) is 5.91 Å². The van der Waals surface area contributed by atoms with Crippen molar-refractivity contribution in [1.29, 1.82) is 0 Å². The topological polar surface area (TPSA) is 87.7 Å². The molecule has 7 heteroatoms. The molecule has 0 spiro atoms. The zero-order valence-corrected chi connectivity index (χ0v) is 19.4. The second kappa shape index (κ2) is 12.0. The lowest BCUT2D eigenvalue weighted by Crippen LogP contribution is -2.50. The predicted octanol–water partition coefficient (Wildman–Crippen LogP) is 3.88. The Hall–Kier alpha value is -3.35. The minimum absolute atomic E-state index is 0.0287. The number of benzene rings is 2. The van der Waals surface area contributed by atoms with Gasteiger partial charge in [-0.2, -0.15) is 0 Å². The van der Waals surface area contributed by atoms with Crippen molar-refractivity contribution in [1.82, 2.24) is 15.5 Å². The van der Waals surface area contributed by atoms with Crippen molar-refractivity contribution in [2.75, 3.05) is 13.1 Å². The van der Waals surface area contributed by atoms with Gasteiger partial charge in [0, 0.05) is 25.2 Å². The van der Waals surface area contributed by atoms with Gasteiger partial charge in [-0.05, 0) is 42.0 Å². The van der Waals surface area contributed by atoms with Gasteiger partial charge in [-0.25, -0.2) is 4.79 Å². The van der Waals surface area contributed by atoms with Crippen molar-refractivity contribution >= 4 is 17.9 Å². The largest absolute Gasteiger partial charge is 0.445 e.